The number of nitrogens with zero attached hydrogens (tertiary/aromatic N) is 1. The van der Waals surface area contributed by atoms with Crippen LogP contribution in [0.5, 0.6) is 5.75 Å². The van der Waals surface area contributed by atoms with Gasteiger partial charge in [-0.1, -0.05) is 17.0 Å². The van der Waals surface area contributed by atoms with E-state index >= 15 is 0 Å². The van der Waals surface area contributed by atoms with Crippen LogP contribution in [0, 0.1) is 0 Å². The van der Waals surface area contributed by atoms with Gasteiger partial charge in [0.25, 0.3) is 0 Å². The number of carbonyl (C=O) groups is 1. The lowest BCUT2D eigenvalue weighted by molar-refractivity contribution is -0.118. The van der Waals surface area contributed by atoms with Crippen LogP contribution in [0.15, 0.2) is 18.2 Å². The van der Waals surface area contributed by atoms with Gasteiger partial charge in [0.05, 0.1) is 6.54 Å². The molecule has 0 aliphatic carbocycles. The number of anilines is 1. The minimum absolute atomic E-state index is 0.0405. The molecule has 1 aromatic rings. The van der Waals surface area contributed by atoms with Gasteiger partial charge in [-0.2, -0.15) is 4.72 Å². The monoisotopic (exact) mass is 317 g/mol. The minimum Gasteiger partial charge on any atom is -0.506 e. The summed E-state index contributed by atoms with van der Waals surface area (Å²) < 4.78 is 23.0. The number of rotatable bonds is 4. The minimum atomic E-state index is -3.34. The molecule has 1 aliphatic heterocycles. The quantitative estimate of drug-likeness (QED) is 0.474. The van der Waals surface area contributed by atoms with Gasteiger partial charge in [-0.25, -0.2) is 0 Å². The number of aliphatic hydroxyl groups excluding tert-OH is 1. The van der Waals surface area contributed by atoms with Crippen molar-refractivity contribution in [1.29, 1.82) is 0 Å². The molecule has 0 spiro atoms. The highest BCUT2D eigenvalue weighted by Gasteiger charge is 2.36. The lowest BCUT2D eigenvalue weighted by Crippen LogP contribution is -2.25. The number of hydrogen-bond donors (Lipinski definition) is 6. The summed E-state index contributed by atoms with van der Waals surface area (Å²) in [6.45, 7) is 1.84. The van der Waals surface area contributed by atoms with Crippen molar-refractivity contribution in [1.82, 2.24) is 10.0 Å². The molecule has 1 atom stereocenters. The van der Waals surface area contributed by atoms with Crippen molar-refractivity contribution in [3.8, 4) is 5.75 Å². The van der Waals surface area contributed by atoms with Gasteiger partial charge in [-0.3, -0.25) is 18.2 Å². The van der Waals surface area contributed by atoms with Crippen LogP contribution in [0.3, 0.4) is 0 Å². The van der Waals surface area contributed by atoms with E-state index in [4.69, 9.17) is 0 Å². The van der Waals surface area contributed by atoms with Crippen molar-refractivity contribution < 1.29 is 24.1 Å². The van der Waals surface area contributed by atoms with Crippen LogP contribution in [0.1, 0.15) is 12.5 Å². The molecule has 0 radical (unpaired) electrons. The highest BCUT2D eigenvalue weighted by molar-refractivity contribution is 8.24. The van der Waals surface area contributed by atoms with Gasteiger partial charge in [0.1, 0.15) is 17.7 Å². The molecule has 118 valence electrons. The lowest BCUT2D eigenvalue weighted by atomic mass is 10.1. The normalized spacial score (nSPS) is 22.1. The van der Waals surface area contributed by atoms with Gasteiger partial charge >= 0.3 is 0 Å². The second-order valence-corrected chi connectivity index (χ2v) is 6.48. The van der Waals surface area contributed by atoms with Crippen molar-refractivity contribution >= 4 is 22.6 Å². The number of phenols is 1. The number of hydrogen-bond acceptors (Lipinski definition) is 7. The molecule has 0 aromatic heterocycles. The average molecular weight is 317 g/mol. The third-order valence-corrected chi connectivity index (χ3v) is 4.59. The summed E-state index contributed by atoms with van der Waals surface area (Å²) >= 11 is 0. The van der Waals surface area contributed by atoms with Crippen molar-refractivity contribution in [2.75, 3.05) is 17.4 Å². The first-order chi connectivity index (χ1) is 9.79. The van der Waals surface area contributed by atoms with Gasteiger partial charge in [0.2, 0.25) is 5.91 Å². The van der Waals surface area contributed by atoms with Crippen LogP contribution < -0.4 is 14.3 Å². The fraction of sp³-hybridized carbons (Fsp3) is 0.417. The van der Waals surface area contributed by atoms with Crippen molar-refractivity contribution in [2.45, 2.75) is 19.6 Å². The Morgan fingerprint density at radius 1 is 1.52 bits per heavy atom. The van der Waals surface area contributed by atoms with Gasteiger partial charge in [0, 0.05) is 13.5 Å². The summed E-state index contributed by atoms with van der Waals surface area (Å²) in [5, 5.41) is 22.1. The van der Waals surface area contributed by atoms with Crippen molar-refractivity contribution in [3.63, 3.8) is 0 Å². The Morgan fingerprint density at radius 2 is 2.24 bits per heavy atom. The van der Waals surface area contributed by atoms with E-state index in [9.17, 15) is 24.1 Å². The first kappa shape index (κ1) is 15.9. The Kier molecular flexibility index (Phi) is 4.59. The molecule has 8 nitrogen and oxygen atoms in total. The van der Waals surface area contributed by atoms with E-state index in [1.807, 2.05) is 0 Å². The molecule has 1 saturated heterocycles. The second-order valence-electron chi connectivity index (χ2n) is 4.77. The molecule has 1 unspecified atom stereocenters. The Hall–Kier alpha value is -1.52. The number of aromatic hydroxyl groups is 1. The number of benzene rings is 1. The van der Waals surface area contributed by atoms with Crippen molar-refractivity contribution in [2.24, 2.45) is 0 Å². The smallest absolute Gasteiger partial charge is 0.216 e. The van der Waals surface area contributed by atoms with Gasteiger partial charge in [-0.05, 0) is 24.1 Å². The maximum Gasteiger partial charge on any atom is 0.216 e. The zero-order chi connectivity index (χ0) is 15.6. The molecule has 1 fully saturated rings. The molecule has 6 N–H and O–H groups in total. The zero-order valence-electron chi connectivity index (χ0n) is 11.5. The number of β-amino-alcohol motifs (C(OH)–C–C–N with tert-alkyl or cyclic N) is 1. The summed E-state index contributed by atoms with van der Waals surface area (Å²) in [6, 6.07) is 4.76. The lowest BCUT2D eigenvalue weighted by Gasteiger charge is -2.36. The van der Waals surface area contributed by atoms with Crippen LogP contribution >= 0.6 is 11.0 Å². The van der Waals surface area contributed by atoms with E-state index < -0.39 is 17.2 Å². The van der Waals surface area contributed by atoms with Crippen molar-refractivity contribution in [3.05, 3.63) is 23.8 Å². The number of nitrogens with one attached hydrogen (secondary N) is 2. The maximum atomic E-state index is 10.8. The SMILES string of the molecule is CC(=O)NCCc1ccc(N2CC(O)NS2(O)O)c(O)c1. The van der Waals surface area contributed by atoms with Gasteiger partial charge in [-0.15, -0.1) is 0 Å². The van der Waals surface area contributed by atoms with E-state index in [1.54, 1.807) is 12.1 Å². The summed E-state index contributed by atoms with van der Waals surface area (Å²) in [5.41, 5.74) is 1.02. The highest BCUT2D eigenvalue weighted by atomic mass is 32.3. The molecule has 9 heteroatoms. The largest absolute Gasteiger partial charge is 0.506 e. The maximum absolute atomic E-state index is 10.8. The molecule has 1 amide bonds. The topological polar surface area (TPSA) is 125 Å². The summed E-state index contributed by atoms with van der Waals surface area (Å²) in [6.07, 6.45) is -0.529. The summed E-state index contributed by atoms with van der Waals surface area (Å²) in [5.74, 6) is -0.242. The molecule has 21 heavy (non-hydrogen) atoms. The number of amides is 1. The average Bonchev–Trinajstić information content (AvgIpc) is 2.62. The van der Waals surface area contributed by atoms with Crippen LogP contribution in [-0.2, 0) is 11.2 Å². The van der Waals surface area contributed by atoms with Crippen LogP contribution in [0.4, 0.5) is 5.69 Å². The fourth-order valence-corrected chi connectivity index (χ4v) is 3.44. The van der Waals surface area contributed by atoms with E-state index in [-0.39, 0.29) is 23.9 Å². The Morgan fingerprint density at radius 3 is 2.76 bits per heavy atom. The molecule has 1 aromatic carbocycles. The predicted molar refractivity (Wildman–Crippen MR) is 79.8 cm³/mol. The molecule has 1 heterocycles. The molecule has 1 aliphatic rings. The molecule has 0 bridgehead atoms. The van der Waals surface area contributed by atoms with E-state index in [0.29, 0.717) is 13.0 Å². The standard InChI is InChI=1S/C12H19N3O5S/c1-8(16)13-5-4-9-2-3-10(11(17)6-9)15-7-12(18)14-21(15,19)20/h2-3,6,12,14,17-20H,4-5,7H2,1H3,(H,13,16). The third kappa shape index (κ3) is 3.77. The summed E-state index contributed by atoms with van der Waals surface area (Å²) in [4.78, 5) is 10.8. The van der Waals surface area contributed by atoms with Crippen LogP contribution in [0.25, 0.3) is 0 Å². The van der Waals surface area contributed by atoms with E-state index in [2.05, 4.69) is 10.0 Å². The highest BCUT2D eigenvalue weighted by Crippen LogP contribution is 2.49. The Bertz CT molecular complexity index is 540. The number of phenolic OH excluding ortho intramolecular Hbond substituents is 1. The molecular formula is C12H19N3O5S. The number of carbonyl (C=O) groups excluding carboxylic acids is 1. The predicted octanol–water partition coefficient (Wildman–Crippen LogP) is 0.379. The fourth-order valence-electron chi connectivity index (χ4n) is 2.10. The molecule has 0 saturated carbocycles. The third-order valence-electron chi connectivity index (χ3n) is 3.04. The Balaban J connectivity index is 2.11. The van der Waals surface area contributed by atoms with Crippen LogP contribution in [-0.4, -0.2) is 44.5 Å². The summed E-state index contributed by atoms with van der Waals surface area (Å²) in [7, 11) is -3.34. The van der Waals surface area contributed by atoms with Crippen LogP contribution in [0.2, 0.25) is 0 Å². The van der Waals surface area contributed by atoms with E-state index in [1.165, 1.54) is 13.0 Å². The van der Waals surface area contributed by atoms with Gasteiger partial charge in [0.15, 0.2) is 0 Å². The first-order valence-corrected chi connectivity index (χ1v) is 7.87. The Labute approximate surface area is 124 Å². The zero-order valence-corrected chi connectivity index (χ0v) is 12.3. The first-order valence-electron chi connectivity index (χ1n) is 6.37. The van der Waals surface area contributed by atoms with E-state index in [0.717, 1.165) is 9.87 Å². The molecular weight excluding hydrogens is 298 g/mol. The van der Waals surface area contributed by atoms with Gasteiger partial charge < -0.3 is 15.5 Å². The number of aliphatic hydroxyl groups is 1. The molecule has 2 rings (SSSR count). The second kappa shape index (κ2) is 6.08.